The molecule has 114 valence electrons. The van der Waals surface area contributed by atoms with Gasteiger partial charge in [0.2, 0.25) is 0 Å². The van der Waals surface area contributed by atoms with Crippen LogP contribution in [-0.4, -0.2) is 46.1 Å². The van der Waals surface area contributed by atoms with Crippen LogP contribution in [0, 0.1) is 5.92 Å². The monoisotopic (exact) mass is 294 g/mol. The number of nitrogens with zero attached hydrogens (tertiary/aromatic N) is 3. The van der Waals surface area contributed by atoms with E-state index >= 15 is 0 Å². The van der Waals surface area contributed by atoms with Crippen LogP contribution in [0.4, 0.5) is 4.39 Å². The van der Waals surface area contributed by atoms with Gasteiger partial charge in [0.15, 0.2) is 5.83 Å². The number of carbonyl (C=O) groups is 2. The van der Waals surface area contributed by atoms with Gasteiger partial charge in [-0.3, -0.25) is 14.3 Å². The fourth-order valence-corrected chi connectivity index (χ4v) is 2.39. The van der Waals surface area contributed by atoms with Gasteiger partial charge in [0, 0.05) is 32.9 Å². The molecule has 6 nitrogen and oxygen atoms in total. The second-order valence-electron chi connectivity index (χ2n) is 5.25. The lowest BCUT2D eigenvalue weighted by atomic mass is 9.96. The molecule has 0 radical (unpaired) electrons. The van der Waals surface area contributed by atoms with Crippen molar-refractivity contribution in [1.82, 2.24) is 20.0 Å². The van der Waals surface area contributed by atoms with Gasteiger partial charge in [-0.15, -0.1) is 0 Å². The summed E-state index contributed by atoms with van der Waals surface area (Å²) in [4.78, 5) is 24.8. The van der Waals surface area contributed by atoms with Crippen molar-refractivity contribution < 1.29 is 14.0 Å². The average molecular weight is 294 g/mol. The lowest BCUT2D eigenvalue weighted by Crippen LogP contribution is -2.41. The lowest BCUT2D eigenvalue weighted by molar-refractivity contribution is -0.130. The minimum atomic E-state index is -0.918. The zero-order chi connectivity index (χ0) is 15.4. The molecule has 1 fully saturated rings. The van der Waals surface area contributed by atoms with Gasteiger partial charge in [-0.05, 0) is 18.8 Å². The minimum Gasteiger partial charge on any atom is -0.352 e. The second-order valence-corrected chi connectivity index (χ2v) is 5.25. The van der Waals surface area contributed by atoms with E-state index in [-0.39, 0.29) is 5.91 Å². The fourth-order valence-electron chi connectivity index (χ4n) is 2.39. The fraction of sp³-hybridized carbons (Fsp3) is 0.500. The molecule has 0 atom stereocenters. The van der Waals surface area contributed by atoms with E-state index in [0.29, 0.717) is 31.1 Å². The average Bonchev–Trinajstić information content (AvgIpc) is 2.91. The highest BCUT2D eigenvalue weighted by Gasteiger charge is 2.24. The summed E-state index contributed by atoms with van der Waals surface area (Å²) in [5, 5.41) is 6.81. The third kappa shape index (κ3) is 3.90. The Hall–Kier alpha value is -2.18. The van der Waals surface area contributed by atoms with Crippen molar-refractivity contribution in [2.24, 2.45) is 13.0 Å². The normalized spacial score (nSPS) is 15.8. The number of hydrogen-bond donors (Lipinski definition) is 1. The highest BCUT2D eigenvalue weighted by atomic mass is 19.1. The predicted octanol–water partition coefficient (Wildman–Crippen LogP) is 0.872. The maximum atomic E-state index is 12.8. The maximum absolute atomic E-state index is 12.8. The molecule has 21 heavy (non-hydrogen) atoms. The number of piperidine rings is 1. The van der Waals surface area contributed by atoms with E-state index in [9.17, 15) is 14.0 Å². The minimum absolute atomic E-state index is 0.154. The Kier molecular flexibility index (Phi) is 4.72. The Morgan fingerprint density at radius 3 is 2.67 bits per heavy atom. The van der Waals surface area contributed by atoms with Gasteiger partial charge in [-0.1, -0.05) is 6.58 Å². The van der Waals surface area contributed by atoms with Gasteiger partial charge in [-0.2, -0.15) is 5.10 Å². The van der Waals surface area contributed by atoms with Crippen LogP contribution in [0.25, 0.3) is 0 Å². The van der Waals surface area contributed by atoms with E-state index in [1.54, 1.807) is 17.9 Å². The largest absolute Gasteiger partial charge is 0.352 e. The van der Waals surface area contributed by atoms with Crippen LogP contribution < -0.4 is 5.32 Å². The summed E-state index contributed by atoms with van der Waals surface area (Å²) in [5.41, 5.74) is 0.527. The number of nitrogens with one attached hydrogen (secondary N) is 1. The molecule has 0 aromatic carbocycles. The molecule has 0 saturated carbocycles. The predicted molar refractivity (Wildman–Crippen MR) is 75.1 cm³/mol. The summed E-state index contributed by atoms with van der Waals surface area (Å²) in [7, 11) is 1.75. The number of likely N-dealkylation sites (tertiary alicyclic amines) is 1. The first-order chi connectivity index (χ1) is 9.97. The number of aromatic nitrogens is 2. The van der Waals surface area contributed by atoms with Gasteiger partial charge >= 0.3 is 0 Å². The Bertz CT molecular complexity index is 547. The van der Waals surface area contributed by atoms with Crippen molar-refractivity contribution in [1.29, 1.82) is 0 Å². The first-order valence-electron chi connectivity index (χ1n) is 6.88. The van der Waals surface area contributed by atoms with Gasteiger partial charge in [0.25, 0.3) is 11.8 Å². The number of aryl methyl sites for hydroxylation is 1. The molecule has 1 aliphatic rings. The van der Waals surface area contributed by atoms with Gasteiger partial charge in [-0.25, -0.2) is 4.39 Å². The van der Waals surface area contributed by atoms with Crippen LogP contribution in [0.15, 0.2) is 24.8 Å². The van der Waals surface area contributed by atoms with Crippen LogP contribution in [0.5, 0.6) is 0 Å². The lowest BCUT2D eigenvalue weighted by Gasteiger charge is -2.31. The van der Waals surface area contributed by atoms with Crippen molar-refractivity contribution >= 4 is 11.8 Å². The van der Waals surface area contributed by atoms with E-state index in [2.05, 4.69) is 17.0 Å². The van der Waals surface area contributed by atoms with Crippen LogP contribution in [-0.2, 0) is 11.8 Å². The molecule has 7 heteroatoms. The maximum Gasteiger partial charge on any atom is 0.281 e. The first-order valence-corrected chi connectivity index (χ1v) is 6.88. The molecule has 0 bridgehead atoms. The Labute approximate surface area is 122 Å². The number of halogens is 1. The zero-order valence-electron chi connectivity index (χ0n) is 12.0. The molecule has 0 spiro atoms. The quantitative estimate of drug-likeness (QED) is 0.838. The van der Waals surface area contributed by atoms with Crippen LogP contribution >= 0.6 is 0 Å². The Morgan fingerprint density at radius 2 is 2.14 bits per heavy atom. The number of carbonyl (C=O) groups excluding carboxylic acids is 2. The van der Waals surface area contributed by atoms with Gasteiger partial charge in [0.05, 0.1) is 11.8 Å². The molecule has 1 aromatic heterocycles. The summed E-state index contributed by atoms with van der Waals surface area (Å²) in [6.07, 6.45) is 4.66. The van der Waals surface area contributed by atoms with Crippen molar-refractivity contribution in [3.63, 3.8) is 0 Å². The molecule has 2 amide bonds. The third-order valence-corrected chi connectivity index (χ3v) is 3.65. The smallest absolute Gasteiger partial charge is 0.281 e. The van der Waals surface area contributed by atoms with E-state index in [1.807, 2.05) is 0 Å². The van der Waals surface area contributed by atoms with E-state index < -0.39 is 11.7 Å². The van der Waals surface area contributed by atoms with E-state index in [4.69, 9.17) is 0 Å². The topological polar surface area (TPSA) is 67.2 Å². The highest BCUT2D eigenvalue weighted by molar-refractivity contribution is 5.93. The van der Waals surface area contributed by atoms with Crippen LogP contribution in [0.2, 0.25) is 0 Å². The van der Waals surface area contributed by atoms with Gasteiger partial charge in [0.1, 0.15) is 0 Å². The summed E-state index contributed by atoms with van der Waals surface area (Å²) in [5.74, 6) is -1.41. The van der Waals surface area contributed by atoms with Crippen LogP contribution in [0.1, 0.15) is 23.2 Å². The molecule has 2 rings (SSSR count). The van der Waals surface area contributed by atoms with E-state index in [1.165, 1.54) is 11.1 Å². The van der Waals surface area contributed by atoms with Crippen molar-refractivity contribution in [2.45, 2.75) is 12.8 Å². The molecular formula is C14H19FN4O2. The summed E-state index contributed by atoms with van der Waals surface area (Å²) in [6.45, 7) is 4.56. The number of hydrogen-bond acceptors (Lipinski definition) is 3. The van der Waals surface area contributed by atoms with Crippen molar-refractivity contribution in [3.05, 3.63) is 30.4 Å². The summed E-state index contributed by atoms with van der Waals surface area (Å²) >= 11 is 0. The van der Waals surface area contributed by atoms with Crippen molar-refractivity contribution in [3.8, 4) is 0 Å². The molecule has 0 aliphatic carbocycles. The molecule has 2 heterocycles. The SMILES string of the molecule is C=C(F)C(=O)N1CCC(CNC(=O)c2cnn(C)c2)CC1. The molecule has 0 unspecified atom stereocenters. The number of rotatable bonds is 4. The molecule has 1 saturated heterocycles. The third-order valence-electron chi connectivity index (χ3n) is 3.65. The zero-order valence-corrected chi connectivity index (χ0v) is 12.0. The van der Waals surface area contributed by atoms with Gasteiger partial charge < -0.3 is 10.2 Å². The molecular weight excluding hydrogens is 275 g/mol. The molecule has 1 aliphatic heterocycles. The second kappa shape index (κ2) is 6.51. The van der Waals surface area contributed by atoms with E-state index in [0.717, 1.165) is 12.8 Å². The first kappa shape index (κ1) is 15.2. The summed E-state index contributed by atoms with van der Waals surface area (Å²) < 4.78 is 14.3. The number of amides is 2. The highest BCUT2D eigenvalue weighted by Crippen LogP contribution is 2.18. The van der Waals surface area contributed by atoms with Crippen LogP contribution in [0.3, 0.4) is 0 Å². The molecule has 1 N–H and O–H groups in total. The Morgan fingerprint density at radius 1 is 1.48 bits per heavy atom. The standard InChI is InChI=1S/C14H19FN4O2/c1-10(15)14(21)19-5-3-11(4-6-19)7-16-13(20)12-8-17-18(2)9-12/h8-9,11H,1,3-7H2,2H3,(H,16,20). The summed E-state index contributed by atoms with van der Waals surface area (Å²) in [6, 6.07) is 0. The Balaban J connectivity index is 1.75. The van der Waals surface area contributed by atoms with Crippen molar-refractivity contribution in [2.75, 3.05) is 19.6 Å². The molecule has 1 aromatic rings.